The summed E-state index contributed by atoms with van der Waals surface area (Å²) >= 11 is 0. The van der Waals surface area contributed by atoms with E-state index in [0.717, 1.165) is 0 Å². The number of hydrogen-bond donors (Lipinski definition) is 16. The summed E-state index contributed by atoms with van der Waals surface area (Å²) in [5.74, 6) is -12.3. The third-order valence-corrected chi connectivity index (χ3v) is 12.8. The Kier molecular flexibility index (Phi) is 34.7. The fourth-order valence-corrected chi connectivity index (χ4v) is 8.27. The van der Waals surface area contributed by atoms with Gasteiger partial charge in [-0.2, -0.15) is 0 Å². The first kappa shape index (κ1) is 72.7. The number of benzene rings is 1. The van der Waals surface area contributed by atoms with Gasteiger partial charge in [-0.15, -0.1) is 0 Å². The normalized spacial score (nSPS) is 14.8. The van der Waals surface area contributed by atoms with Crippen molar-refractivity contribution in [1.82, 2.24) is 47.9 Å². The molecule has 28 nitrogen and oxygen atoms in total. The number of rotatable bonds is 42. The van der Waals surface area contributed by atoms with Crippen molar-refractivity contribution in [2.24, 2.45) is 34.8 Å². The maximum atomic E-state index is 14.3. The molecule has 462 valence electrons. The molecule has 1 aromatic rings. The van der Waals surface area contributed by atoms with Gasteiger partial charge >= 0.3 is 17.9 Å². The van der Waals surface area contributed by atoms with Gasteiger partial charge in [0.2, 0.25) is 53.2 Å². The minimum atomic E-state index is -1.88. The lowest BCUT2D eigenvalue weighted by Gasteiger charge is -2.28. The molecule has 9 amide bonds. The van der Waals surface area contributed by atoms with Gasteiger partial charge in [-0.25, -0.2) is 0 Å². The monoisotopic (exact) mass is 1160 g/mol. The number of carboxylic acid groups (broad SMARTS) is 3. The standard InChI is InChI=1S/C54H91N13O15/c1-30(2)26-35(58)46(73)61-39(21-22-43(68)69)50(77)62-38(20-12-15-25-57)49(76)66-41(28-34-16-8-7-9-17-34)52(79)67-42(29-44(70)71)53(80)64-36(18-10-13-23-55)47(74)59-32(5)45(72)65-40(27-31(3)4)51(78)63-37(19-11-14-24-56)48(75)60-33(6)54(81)82/h7-9,16-17,30-33,35-42H,10-15,18-29,55-58H2,1-6H3,(H,59,74)(H,60,75)(H,61,73)(H,62,77)(H,63,78)(H,64,80)(H,65,72)(H,66,76)(H,67,79)(H,68,69)(H,70,71)(H,81,82)/t32-,33-,35-,36-,37-,38-,39-,40-,41-,42-/m0/s1. The third-order valence-electron chi connectivity index (χ3n) is 12.8. The number of carbonyl (C=O) groups excluding carboxylic acids is 9. The smallest absolute Gasteiger partial charge is 0.325 e. The number of nitrogens with two attached hydrogens (primary N) is 4. The van der Waals surface area contributed by atoms with Gasteiger partial charge in [-0.3, -0.25) is 57.5 Å². The molecule has 10 atom stereocenters. The topological polar surface area (TPSA) is 478 Å². The van der Waals surface area contributed by atoms with E-state index in [0.29, 0.717) is 37.8 Å². The second-order valence-corrected chi connectivity index (χ2v) is 21.2. The fourth-order valence-electron chi connectivity index (χ4n) is 8.27. The molecule has 28 heteroatoms. The largest absolute Gasteiger partial charge is 0.481 e. The van der Waals surface area contributed by atoms with Gasteiger partial charge in [0.15, 0.2) is 0 Å². The van der Waals surface area contributed by atoms with Gasteiger partial charge < -0.3 is 86.1 Å². The molecule has 0 spiro atoms. The second-order valence-electron chi connectivity index (χ2n) is 21.2. The van der Waals surface area contributed by atoms with E-state index in [1.54, 1.807) is 44.2 Å². The van der Waals surface area contributed by atoms with E-state index in [1.807, 2.05) is 13.8 Å². The molecule has 0 aliphatic carbocycles. The second kappa shape index (κ2) is 39.2. The Balaban J connectivity index is 3.54. The molecule has 0 radical (unpaired) electrons. The first-order valence-corrected chi connectivity index (χ1v) is 27.9. The number of hydrogen-bond acceptors (Lipinski definition) is 16. The highest BCUT2D eigenvalue weighted by Crippen LogP contribution is 2.13. The Morgan fingerprint density at radius 3 is 1.20 bits per heavy atom. The van der Waals surface area contributed by atoms with Crippen molar-refractivity contribution >= 4 is 71.1 Å². The van der Waals surface area contributed by atoms with Crippen molar-refractivity contribution in [3.8, 4) is 0 Å². The molecular weight excluding hydrogens is 1070 g/mol. The lowest BCUT2D eigenvalue weighted by atomic mass is 10.0. The maximum Gasteiger partial charge on any atom is 0.325 e. The van der Waals surface area contributed by atoms with Gasteiger partial charge in [-0.1, -0.05) is 58.0 Å². The summed E-state index contributed by atoms with van der Waals surface area (Å²) in [7, 11) is 0. The molecule has 0 aliphatic heterocycles. The average Bonchev–Trinajstić information content (AvgIpc) is 3.46. The highest BCUT2D eigenvalue weighted by molar-refractivity contribution is 5.99. The minimum absolute atomic E-state index is 0.00484. The van der Waals surface area contributed by atoms with Crippen LogP contribution in [-0.2, 0) is 64.0 Å². The van der Waals surface area contributed by atoms with Crippen LogP contribution in [0.1, 0.15) is 137 Å². The van der Waals surface area contributed by atoms with Crippen molar-refractivity contribution < 1.29 is 72.9 Å². The first-order valence-electron chi connectivity index (χ1n) is 27.9. The SMILES string of the molecule is CC(C)C[C@H](NC(=O)[C@H](C)NC(=O)[C@H](CCCCN)NC(=O)[C@H](CC(=O)O)NC(=O)[C@H](Cc1ccccc1)NC(=O)[C@H](CCCCN)NC(=O)[C@H](CCC(=O)O)NC(=O)[C@@H](N)CC(C)C)C(=O)N[C@@H](CCCCN)C(=O)N[C@@H](C)C(=O)O. The predicted molar refractivity (Wildman–Crippen MR) is 301 cm³/mol. The van der Waals surface area contributed by atoms with Crippen LogP contribution in [0.15, 0.2) is 30.3 Å². The lowest BCUT2D eigenvalue weighted by molar-refractivity contribution is -0.142. The Hall–Kier alpha value is -7.30. The zero-order valence-electron chi connectivity index (χ0n) is 48.1. The number of carbonyl (C=O) groups is 12. The number of carboxylic acids is 3. The van der Waals surface area contributed by atoms with Crippen molar-refractivity contribution in [2.75, 3.05) is 19.6 Å². The molecule has 0 bridgehead atoms. The number of aliphatic carboxylic acids is 3. The van der Waals surface area contributed by atoms with Crippen LogP contribution in [0, 0.1) is 11.8 Å². The molecule has 0 saturated carbocycles. The zero-order valence-corrected chi connectivity index (χ0v) is 48.1. The molecular formula is C54H91N13O15. The lowest BCUT2D eigenvalue weighted by Crippen LogP contribution is -2.60. The van der Waals surface area contributed by atoms with E-state index < -0.39 is 144 Å². The number of amides is 9. The predicted octanol–water partition coefficient (Wildman–Crippen LogP) is -2.14. The molecule has 1 rings (SSSR count). The Labute approximate surface area is 479 Å². The van der Waals surface area contributed by atoms with Gasteiger partial charge in [0.25, 0.3) is 0 Å². The van der Waals surface area contributed by atoms with Crippen LogP contribution in [0.25, 0.3) is 0 Å². The summed E-state index contributed by atoms with van der Waals surface area (Å²) in [4.78, 5) is 159. The van der Waals surface area contributed by atoms with Crippen molar-refractivity contribution in [2.45, 2.75) is 198 Å². The maximum absolute atomic E-state index is 14.3. The Morgan fingerprint density at radius 1 is 0.402 bits per heavy atom. The summed E-state index contributed by atoms with van der Waals surface area (Å²) in [5.41, 5.74) is 23.6. The summed E-state index contributed by atoms with van der Waals surface area (Å²) in [6, 6.07) is -5.56. The number of unbranched alkanes of at least 4 members (excludes halogenated alkanes) is 3. The summed E-state index contributed by atoms with van der Waals surface area (Å²) in [5, 5.41) is 51.3. The van der Waals surface area contributed by atoms with E-state index >= 15 is 0 Å². The molecule has 0 aliphatic rings. The van der Waals surface area contributed by atoms with Crippen LogP contribution in [0.5, 0.6) is 0 Å². The van der Waals surface area contributed by atoms with Crippen LogP contribution in [0.2, 0.25) is 0 Å². The fraction of sp³-hybridized carbons (Fsp3) is 0.667. The molecule has 0 unspecified atom stereocenters. The third kappa shape index (κ3) is 29.4. The molecule has 20 N–H and O–H groups in total. The quantitative estimate of drug-likeness (QED) is 0.0311. The summed E-state index contributed by atoms with van der Waals surface area (Å²) in [6.45, 7) is 10.5. The molecule has 82 heavy (non-hydrogen) atoms. The van der Waals surface area contributed by atoms with Gasteiger partial charge in [-0.05, 0) is 128 Å². The summed E-state index contributed by atoms with van der Waals surface area (Å²) in [6.07, 6.45) is 0.357. The van der Waals surface area contributed by atoms with Crippen molar-refractivity contribution in [1.29, 1.82) is 0 Å². The average molecular weight is 1160 g/mol. The highest BCUT2D eigenvalue weighted by atomic mass is 16.4. The van der Waals surface area contributed by atoms with Crippen LogP contribution >= 0.6 is 0 Å². The summed E-state index contributed by atoms with van der Waals surface area (Å²) < 4.78 is 0. The molecule has 0 aromatic heterocycles. The van der Waals surface area contributed by atoms with Crippen LogP contribution in [-0.4, -0.2) is 166 Å². The van der Waals surface area contributed by atoms with E-state index in [4.69, 9.17) is 22.9 Å². The Morgan fingerprint density at radius 2 is 0.768 bits per heavy atom. The van der Waals surface area contributed by atoms with Gasteiger partial charge in [0.05, 0.1) is 12.5 Å². The molecule has 0 fully saturated rings. The highest BCUT2D eigenvalue weighted by Gasteiger charge is 2.36. The van der Waals surface area contributed by atoms with Crippen LogP contribution < -0.4 is 70.8 Å². The zero-order chi connectivity index (χ0) is 62.1. The van der Waals surface area contributed by atoms with E-state index in [2.05, 4.69) is 47.9 Å². The first-order chi connectivity index (χ1) is 38.6. The molecule has 0 saturated heterocycles. The van der Waals surface area contributed by atoms with Gasteiger partial charge in [0.1, 0.15) is 54.4 Å². The van der Waals surface area contributed by atoms with Crippen molar-refractivity contribution in [3.05, 3.63) is 35.9 Å². The molecule has 0 heterocycles. The molecule has 1 aromatic carbocycles. The number of nitrogens with one attached hydrogen (secondary N) is 9. The van der Waals surface area contributed by atoms with E-state index in [-0.39, 0.29) is 82.7 Å². The van der Waals surface area contributed by atoms with E-state index in [9.17, 15) is 72.9 Å². The van der Waals surface area contributed by atoms with Crippen molar-refractivity contribution in [3.63, 3.8) is 0 Å². The minimum Gasteiger partial charge on any atom is -0.481 e. The Bertz CT molecular complexity index is 2260. The van der Waals surface area contributed by atoms with E-state index in [1.165, 1.54) is 13.8 Å². The van der Waals surface area contributed by atoms with Gasteiger partial charge in [0, 0.05) is 12.8 Å². The van der Waals surface area contributed by atoms with Crippen LogP contribution in [0.3, 0.4) is 0 Å². The van der Waals surface area contributed by atoms with Crippen LogP contribution in [0.4, 0.5) is 0 Å².